The van der Waals surface area contributed by atoms with Crippen LogP contribution in [0.1, 0.15) is 76.9 Å². The van der Waals surface area contributed by atoms with Crippen LogP contribution < -0.4 is 49.1 Å². The second-order valence-corrected chi connectivity index (χ2v) is 27.8. The van der Waals surface area contributed by atoms with E-state index in [2.05, 4.69) is 26.0 Å². The van der Waals surface area contributed by atoms with E-state index in [-0.39, 0.29) is 167 Å². The number of aliphatic imine (C=N–C) groups is 1. The molecule has 10 atom stereocenters. The molecule has 1 saturated carbocycles. The average molecular weight is 1540 g/mol. The summed E-state index contributed by atoms with van der Waals surface area (Å²) in [4.78, 5) is 56.6. The Balaban J connectivity index is 0.599. The predicted octanol–water partition coefficient (Wildman–Crippen LogP) is -0.426. The van der Waals surface area contributed by atoms with Crippen LogP contribution in [0.4, 0.5) is 0 Å². The Morgan fingerprint density at radius 1 is 0.654 bits per heavy atom. The molecule has 3 heterocycles. The van der Waals surface area contributed by atoms with Crippen molar-refractivity contribution in [3.63, 3.8) is 0 Å². The van der Waals surface area contributed by atoms with Crippen molar-refractivity contribution in [2.45, 2.75) is 92.2 Å². The van der Waals surface area contributed by atoms with Crippen molar-refractivity contribution >= 4 is 55.7 Å². The fourth-order valence-electron chi connectivity index (χ4n) is 11.3. The molecular weight excluding hydrogens is 1450 g/mol. The zero-order valence-corrected chi connectivity index (χ0v) is 59.9. The van der Waals surface area contributed by atoms with E-state index in [1.165, 1.54) is 85.1 Å². The van der Waals surface area contributed by atoms with Gasteiger partial charge in [0, 0.05) is 54.8 Å². The minimum atomic E-state index is -5.05. The van der Waals surface area contributed by atoms with Gasteiger partial charge in [0.2, 0.25) is 18.8 Å². The van der Waals surface area contributed by atoms with Gasteiger partial charge in [-0.15, -0.1) is 8.42 Å². The van der Waals surface area contributed by atoms with E-state index in [4.69, 9.17) is 71.1 Å². The summed E-state index contributed by atoms with van der Waals surface area (Å²) in [5, 5.41) is 84.7. The lowest BCUT2D eigenvalue weighted by molar-refractivity contribution is -0.230. The first-order chi connectivity index (χ1) is 51.5. The predicted molar refractivity (Wildman–Crippen MR) is 375 cm³/mol. The maximum atomic E-state index is 13.6. The molecule has 584 valence electrons. The van der Waals surface area contributed by atoms with Gasteiger partial charge in [-0.2, -0.15) is 5.10 Å². The lowest BCUT2D eigenvalue weighted by Gasteiger charge is -2.47. The highest BCUT2D eigenvalue weighted by molar-refractivity contribution is 7.91. The molecule has 0 radical (unpaired) electrons. The number of hydrazone groups is 1. The molecule has 35 nitrogen and oxygen atoms in total. The first-order valence-electron chi connectivity index (χ1n) is 34.1. The van der Waals surface area contributed by atoms with Crippen molar-refractivity contribution in [1.29, 1.82) is 0 Å². The number of aryl methyl sites for hydroxylation is 1. The standard InChI is InChI=1S/C70H88N6O29S2/c1-42-2-13-49(14-3-42)106(88,89)33-16-51(78)44-6-8-45(9-7-44)68(85)73-18-21-93-25-28-96-29-30-97-31-32-98-40-47(76-71)37-72-17-20-92-23-26-95-27-24-94-22-19-74-69(86)46-10-15-53(102-57-36-52(79)61(80)56(38-77)103-57)54(34-46)105-107(90,91)104-48-11-4-43(5-12-48)39-99-67-59-50(35-55-66(67)101-41-100-55)58-60(75-70(59)87)63(82)65(84)64(83)62(58)81/h2-15,34-35,37,52,56-58,60-65,77,79-84H,16-33,36,38-41,71H2,1H3,(H,73,85)(H,74,86)(H,75,87)/t52-,56-,57-,58-,60-,61-,62-,63+,64+,65+/m1/s1. The van der Waals surface area contributed by atoms with Crippen molar-refractivity contribution in [2.75, 3.05) is 131 Å². The van der Waals surface area contributed by atoms with Gasteiger partial charge in [0.1, 0.15) is 48.6 Å². The zero-order valence-electron chi connectivity index (χ0n) is 58.3. The van der Waals surface area contributed by atoms with Gasteiger partial charge < -0.3 is 123 Å². The Labute approximate surface area is 615 Å². The Bertz CT molecular complexity index is 4050. The Kier molecular flexibility index (Phi) is 31.3. The quantitative estimate of drug-likeness (QED) is 0.00775. The molecule has 5 aromatic rings. The van der Waals surface area contributed by atoms with E-state index in [0.29, 0.717) is 62.0 Å². The van der Waals surface area contributed by atoms with Gasteiger partial charge in [-0.1, -0.05) is 42.0 Å². The number of sulfone groups is 1. The second kappa shape index (κ2) is 40.6. The topological polar surface area (TPSA) is 494 Å². The van der Waals surface area contributed by atoms with Crippen molar-refractivity contribution < 1.29 is 137 Å². The number of hydrogen-bond donors (Lipinski definition) is 11. The van der Waals surface area contributed by atoms with Gasteiger partial charge in [-0.05, 0) is 78.7 Å². The molecule has 3 aliphatic heterocycles. The number of aliphatic hydroxyl groups excluding tert-OH is 7. The molecule has 5 aromatic carbocycles. The van der Waals surface area contributed by atoms with Crippen LogP contribution in [-0.4, -0.2) is 274 Å². The number of hydrogen-bond acceptors (Lipinski definition) is 32. The van der Waals surface area contributed by atoms with E-state index in [1.807, 2.05) is 6.92 Å². The summed E-state index contributed by atoms with van der Waals surface area (Å²) < 4.78 is 131. The zero-order chi connectivity index (χ0) is 76.5. The van der Waals surface area contributed by atoms with E-state index in [9.17, 15) is 71.8 Å². The SMILES string of the molecule is Cc1ccc(S(=O)(=O)CCC(=O)c2ccc(C(=O)NCCOCCOCCOCCOCC(C=NCCOCCOCCOCCNC(=O)c3ccc(O[C@H]4C[C@@H](O)[C@@H](O)[C@@H](CO)O4)c(OS(=O)(=O)Oc4ccc(COc5c6c(cc7c5C(=O)N[C@H]5[C@H](O)[C@H](O)[C@@H](O)[C@H](O)[C@H]75)OCO6)cc4)c3)=NN)cc2)cc1. The molecule has 9 rings (SSSR count). The Morgan fingerprint density at radius 2 is 1.24 bits per heavy atom. The summed E-state index contributed by atoms with van der Waals surface area (Å²) in [6.07, 6.45) is -11.2. The fraction of sp³-hybridized carbons (Fsp3) is 0.486. The van der Waals surface area contributed by atoms with E-state index >= 15 is 0 Å². The summed E-state index contributed by atoms with van der Waals surface area (Å²) in [7, 11) is -8.66. The summed E-state index contributed by atoms with van der Waals surface area (Å²) in [6, 6.07) is 21.7. The molecule has 3 amide bonds. The molecule has 0 bridgehead atoms. The van der Waals surface area contributed by atoms with Crippen LogP contribution in [-0.2, 0) is 64.7 Å². The lowest BCUT2D eigenvalue weighted by Crippen LogP contribution is -2.66. The van der Waals surface area contributed by atoms with Crippen molar-refractivity contribution in [3.8, 4) is 34.5 Å². The van der Waals surface area contributed by atoms with Gasteiger partial charge in [-0.25, -0.2) is 8.42 Å². The van der Waals surface area contributed by atoms with Gasteiger partial charge in [-0.3, -0.25) is 24.2 Å². The van der Waals surface area contributed by atoms with Crippen LogP contribution >= 0.6 is 0 Å². The highest BCUT2D eigenvalue weighted by Gasteiger charge is 2.54. The number of aliphatic hydroxyl groups is 7. The van der Waals surface area contributed by atoms with E-state index in [0.717, 1.165) is 11.6 Å². The number of ketones is 1. The first kappa shape index (κ1) is 82.5. The largest absolute Gasteiger partial charge is 0.501 e. The van der Waals surface area contributed by atoms with Crippen LogP contribution in [0.3, 0.4) is 0 Å². The van der Waals surface area contributed by atoms with Crippen molar-refractivity contribution in [3.05, 3.63) is 136 Å². The van der Waals surface area contributed by atoms with E-state index < -0.39 is 105 Å². The second-order valence-electron chi connectivity index (χ2n) is 24.5. The van der Waals surface area contributed by atoms with Crippen molar-refractivity contribution in [2.24, 2.45) is 15.9 Å². The molecule has 37 heteroatoms. The molecule has 0 unspecified atom stereocenters. The smallest absolute Gasteiger partial charge is 0.484 e. The lowest BCUT2D eigenvalue weighted by atomic mass is 9.70. The molecule has 0 aromatic heterocycles. The molecule has 2 fully saturated rings. The minimum absolute atomic E-state index is 0.0199. The summed E-state index contributed by atoms with van der Waals surface area (Å²) in [6.45, 7) is 4.68. The normalized spacial score (nSPS) is 21.3. The molecule has 4 aliphatic rings. The number of carbonyl (C=O) groups is 4. The number of Topliss-reactive ketones (excluding diaryl/α,β-unsaturated/α-hetero) is 1. The monoisotopic (exact) mass is 1540 g/mol. The number of amides is 3. The Hall–Kier alpha value is -8.58. The molecule has 1 saturated heterocycles. The maximum Gasteiger partial charge on any atom is 0.501 e. The highest BCUT2D eigenvalue weighted by Crippen LogP contribution is 2.51. The Morgan fingerprint density at radius 3 is 1.88 bits per heavy atom. The average Bonchev–Trinajstić information content (AvgIpc) is 1.66. The summed E-state index contributed by atoms with van der Waals surface area (Å²) >= 11 is 0. The third-order valence-electron chi connectivity index (χ3n) is 17.0. The summed E-state index contributed by atoms with van der Waals surface area (Å²) in [5.41, 5.74) is 2.41. The molecular formula is C70H88N6O29S2. The number of nitrogens with two attached hydrogens (primary N) is 1. The van der Waals surface area contributed by atoms with Gasteiger partial charge >= 0.3 is 10.4 Å². The third-order valence-corrected chi connectivity index (χ3v) is 19.5. The fourth-order valence-corrected chi connectivity index (χ4v) is 13.3. The molecule has 12 N–H and O–H groups in total. The number of carbonyl (C=O) groups excluding carboxylic acids is 4. The van der Waals surface area contributed by atoms with Crippen LogP contribution in [0.15, 0.2) is 112 Å². The number of fused-ring (bicyclic) bond motifs is 4. The highest BCUT2D eigenvalue weighted by atomic mass is 32.3. The third kappa shape index (κ3) is 23.7. The van der Waals surface area contributed by atoms with Crippen LogP contribution in [0, 0.1) is 6.92 Å². The van der Waals surface area contributed by atoms with E-state index in [1.54, 1.807) is 12.1 Å². The molecule has 107 heavy (non-hydrogen) atoms. The summed E-state index contributed by atoms with van der Waals surface area (Å²) in [5.74, 6) is 1.01. The van der Waals surface area contributed by atoms with Crippen LogP contribution in [0.25, 0.3) is 0 Å². The number of nitrogens with zero attached hydrogens (tertiary/aromatic N) is 2. The van der Waals surface area contributed by atoms with Gasteiger partial charge in [0.25, 0.3) is 17.7 Å². The number of nitrogens with one attached hydrogen (secondary N) is 3. The maximum absolute atomic E-state index is 13.6. The number of rotatable bonds is 44. The minimum Gasteiger partial charge on any atom is -0.484 e. The molecule has 1 aliphatic carbocycles. The number of benzene rings is 5. The van der Waals surface area contributed by atoms with Crippen molar-refractivity contribution in [1.82, 2.24) is 16.0 Å². The van der Waals surface area contributed by atoms with Gasteiger partial charge in [0.15, 0.2) is 38.6 Å². The number of ether oxygens (including phenoxy) is 12. The van der Waals surface area contributed by atoms with Crippen LogP contribution in [0.2, 0.25) is 0 Å². The molecule has 0 spiro atoms. The van der Waals surface area contributed by atoms with Crippen LogP contribution in [0.5, 0.6) is 34.5 Å². The van der Waals surface area contributed by atoms with Gasteiger partial charge in [0.05, 0.1) is 140 Å². The first-order valence-corrected chi connectivity index (χ1v) is 37.1.